The first kappa shape index (κ1) is 24.5. The molecule has 7 rings (SSSR count). The first-order valence-electron chi connectivity index (χ1n) is 15.0. The number of piperazine rings is 1. The molecule has 38 heavy (non-hydrogen) atoms. The van der Waals surface area contributed by atoms with Gasteiger partial charge in [0.1, 0.15) is 5.75 Å². The van der Waals surface area contributed by atoms with Crippen molar-refractivity contribution in [3.63, 3.8) is 0 Å². The summed E-state index contributed by atoms with van der Waals surface area (Å²) in [6.45, 7) is 12.5. The van der Waals surface area contributed by atoms with E-state index in [0.717, 1.165) is 45.8 Å². The fourth-order valence-electron chi connectivity index (χ4n) is 8.40. The molecule has 5 heterocycles. The van der Waals surface area contributed by atoms with E-state index in [9.17, 15) is 5.11 Å². The van der Waals surface area contributed by atoms with Crippen LogP contribution in [0.25, 0.3) is 10.9 Å². The van der Waals surface area contributed by atoms with Crippen molar-refractivity contribution in [1.29, 1.82) is 0 Å². The zero-order chi connectivity index (χ0) is 25.7. The predicted molar refractivity (Wildman–Crippen MR) is 155 cm³/mol. The smallest absolute Gasteiger partial charge is 0.115 e. The molecule has 3 aromatic rings. The molecule has 0 radical (unpaired) electrons. The molecular formula is C32H43N5O. The fraction of sp³-hybridized carbons (Fsp3) is 0.562. The molecule has 6 heteroatoms. The highest BCUT2D eigenvalue weighted by Crippen LogP contribution is 2.59. The molecule has 2 fully saturated rings. The Kier molecular flexibility index (Phi) is 6.38. The normalized spacial score (nSPS) is 27.6. The lowest BCUT2D eigenvalue weighted by molar-refractivity contribution is -0.0355. The van der Waals surface area contributed by atoms with E-state index in [1.165, 1.54) is 61.8 Å². The van der Waals surface area contributed by atoms with Crippen molar-refractivity contribution in [3.8, 4) is 5.75 Å². The maximum Gasteiger partial charge on any atom is 0.115 e. The maximum atomic E-state index is 9.58. The van der Waals surface area contributed by atoms with Gasteiger partial charge < -0.3 is 19.9 Å². The lowest BCUT2D eigenvalue weighted by Gasteiger charge is -2.57. The van der Waals surface area contributed by atoms with Gasteiger partial charge in [0.05, 0.1) is 6.04 Å². The summed E-state index contributed by atoms with van der Waals surface area (Å²) in [5, 5.41) is 15.0. The maximum absolute atomic E-state index is 9.58. The number of para-hydroxylation sites is 1. The lowest BCUT2D eigenvalue weighted by atomic mass is 9.63. The molecule has 4 aliphatic heterocycles. The van der Waals surface area contributed by atoms with E-state index >= 15 is 0 Å². The van der Waals surface area contributed by atoms with E-state index < -0.39 is 0 Å². The van der Waals surface area contributed by atoms with Gasteiger partial charge in [-0.25, -0.2) is 0 Å². The lowest BCUT2D eigenvalue weighted by Crippen LogP contribution is -2.54. The van der Waals surface area contributed by atoms with Gasteiger partial charge in [-0.2, -0.15) is 0 Å². The minimum atomic E-state index is 0.339. The zero-order valence-corrected chi connectivity index (χ0v) is 22.9. The number of benzene rings is 2. The van der Waals surface area contributed by atoms with Crippen molar-refractivity contribution in [3.05, 3.63) is 59.8 Å². The number of rotatable bonds is 7. The van der Waals surface area contributed by atoms with E-state index in [-0.39, 0.29) is 0 Å². The van der Waals surface area contributed by atoms with Gasteiger partial charge in [-0.05, 0) is 80.0 Å². The average Bonchev–Trinajstić information content (AvgIpc) is 3.31. The van der Waals surface area contributed by atoms with Crippen molar-refractivity contribution in [1.82, 2.24) is 19.7 Å². The molecule has 4 aliphatic rings. The second-order valence-corrected chi connectivity index (χ2v) is 12.2. The summed E-state index contributed by atoms with van der Waals surface area (Å²) in [5.74, 6) is 0.339. The molecule has 3 atom stereocenters. The van der Waals surface area contributed by atoms with Gasteiger partial charge in [0.25, 0.3) is 0 Å². The molecule has 0 saturated carbocycles. The summed E-state index contributed by atoms with van der Waals surface area (Å²) in [6, 6.07) is 18.0. The van der Waals surface area contributed by atoms with Gasteiger partial charge in [-0.3, -0.25) is 9.80 Å². The third-order valence-corrected chi connectivity index (χ3v) is 10.3. The number of hydrogen-bond acceptors (Lipinski definition) is 5. The van der Waals surface area contributed by atoms with Gasteiger partial charge >= 0.3 is 0 Å². The SMILES string of the molecule is CC[C@@]12CCCN3CCc4c(n(c5ccccc45)[C@@H](CNCCN4CCN(c5ccc(O)cc5)CC4)C1)[C@@H]32. The van der Waals surface area contributed by atoms with Crippen LogP contribution in [0, 0.1) is 5.41 Å². The number of aromatic hydroxyl groups is 1. The third-order valence-electron chi connectivity index (χ3n) is 10.3. The van der Waals surface area contributed by atoms with Crippen LogP contribution in [0.3, 0.4) is 0 Å². The highest BCUT2D eigenvalue weighted by molar-refractivity contribution is 5.86. The fourth-order valence-corrected chi connectivity index (χ4v) is 8.40. The second kappa shape index (κ2) is 9.89. The zero-order valence-electron chi connectivity index (χ0n) is 22.9. The van der Waals surface area contributed by atoms with Crippen LogP contribution in [0.2, 0.25) is 0 Å². The summed E-state index contributed by atoms with van der Waals surface area (Å²) >= 11 is 0. The second-order valence-electron chi connectivity index (χ2n) is 12.2. The van der Waals surface area contributed by atoms with Gasteiger partial charge in [0.15, 0.2) is 0 Å². The molecule has 2 aromatic carbocycles. The standard InChI is InChI=1S/C32H43N5O/c1-2-32-13-5-15-36-16-12-28-27-6-3-4-7-29(27)37(30(28)31(32)36)25(22-32)23-33-14-17-34-18-20-35(21-19-34)24-8-10-26(38)11-9-24/h3-4,6-11,25,31,33,38H,2,5,12-23H2,1H3/t25-,31-,32-/m1/s1. The largest absolute Gasteiger partial charge is 0.508 e. The van der Waals surface area contributed by atoms with E-state index in [1.807, 2.05) is 12.1 Å². The van der Waals surface area contributed by atoms with Gasteiger partial charge in [-0.15, -0.1) is 0 Å². The number of aromatic nitrogens is 1. The summed E-state index contributed by atoms with van der Waals surface area (Å²) in [5.41, 5.74) is 6.42. The molecule has 0 spiro atoms. The Morgan fingerprint density at radius 1 is 0.974 bits per heavy atom. The van der Waals surface area contributed by atoms with Crippen LogP contribution >= 0.6 is 0 Å². The third kappa shape index (κ3) is 4.04. The predicted octanol–water partition coefficient (Wildman–Crippen LogP) is 4.79. The van der Waals surface area contributed by atoms with Crippen molar-refractivity contribution < 1.29 is 5.11 Å². The van der Waals surface area contributed by atoms with E-state index in [2.05, 4.69) is 55.8 Å². The number of piperidine rings is 1. The van der Waals surface area contributed by atoms with Crippen molar-refractivity contribution in [2.24, 2.45) is 5.41 Å². The van der Waals surface area contributed by atoms with Crippen LogP contribution < -0.4 is 10.2 Å². The first-order chi connectivity index (χ1) is 18.7. The van der Waals surface area contributed by atoms with Crippen LogP contribution in [-0.4, -0.2) is 78.4 Å². The van der Waals surface area contributed by atoms with Crippen LogP contribution in [0.4, 0.5) is 5.69 Å². The summed E-state index contributed by atoms with van der Waals surface area (Å²) in [4.78, 5) is 7.87. The van der Waals surface area contributed by atoms with E-state index in [1.54, 1.807) is 23.4 Å². The van der Waals surface area contributed by atoms with Crippen LogP contribution in [0.1, 0.15) is 55.9 Å². The van der Waals surface area contributed by atoms with Gasteiger partial charge in [0, 0.05) is 80.7 Å². The van der Waals surface area contributed by atoms with Crippen molar-refractivity contribution in [2.75, 3.05) is 63.8 Å². The van der Waals surface area contributed by atoms with Crippen molar-refractivity contribution >= 4 is 16.6 Å². The van der Waals surface area contributed by atoms with Crippen LogP contribution in [-0.2, 0) is 6.42 Å². The molecule has 0 aliphatic carbocycles. The Morgan fingerprint density at radius 2 is 1.79 bits per heavy atom. The Bertz CT molecular complexity index is 1280. The van der Waals surface area contributed by atoms with Crippen LogP contribution in [0.15, 0.2) is 48.5 Å². The number of hydrogen-bond donors (Lipinski definition) is 2. The number of anilines is 1. The number of phenols is 1. The number of nitrogens with one attached hydrogen (secondary N) is 1. The molecule has 202 valence electrons. The van der Waals surface area contributed by atoms with E-state index in [4.69, 9.17) is 0 Å². The Hall–Kier alpha value is -2.54. The number of nitrogens with zero attached hydrogens (tertiary/aromatic N) is 4. The Labute approximate surface area is 227 Å². The molecule has 2 N–H and O–H groups in total. The minimum absolute atomic E-state index is 0.339. The quantitative estimate of drug-likeness (QED) is 0.445. The average molecular weight is 514 g/mol. The summed E-state index contributed by atoms with van der Waals surface area (Å²) in [6.07, 6.45) is 6.53. The van der Waals surface area contributed by atoms with Gasteiger partial charge in [-0.1, -0.05) is 25.1 Å². The minimum Gasteiger partial charge on any atom is -0.508 e. The van der Waals surface area contributed by atoms with Crippen LogP contribution in [0.5, 0.6) is 5.75 Å². The van der Waals surface area contributed by atoms with E-state index in [0.29, 0.717) is 23.2 Å². The molecule has 0 bridgehead atoms. The molecular weight excluding hydrogens is 470 g/mol. The summed E-state index contributed by atoms with van der Waals surface area (Å²) in [7, 11) is 0. The summed E-state index contributed by atoms with van der Waals surface area (Å²) < 4.78 is 2.78. The molecule has 6 nitrogen and oxygen atoms in total. The Morgan fingerprint density at radius 3 is 2.61 bits per heavy atom. The number of phenolic OH excluding ortho intramolecular Hbond substituents is 1. The molecule has 2 saturated heterocycles. The first-order valence-corrected chi connectivity index (χ1v) is 15.0. The monoisotopic (exact) mass is 513 g/mol. The highest BCUT2D eigenvalue weighted by atomic mass is 16.3. The topological polar surface area (TPSA) is 46.9 Å². The molecule has 0 amide bonds. The van der Waals surface area contributed by atoms with Crippen molar-refractivity contribution in [2.45, 2.75) is 51.1 Å². The molecule has 0 unspecified atom stereocenters. The Balaban J connectivity index is 1.04. The molecule has 1 aromatic heterocycles. The highest BCUT2D eigenvalue weighted by Gasteiger charge is 2.52. The number of fused-ring (bicyclic) bond motifs is 3. The van der Waals surface area contributed by atoms with Gasteiger partial charge in [0.2, 0.25) is 0 Å².